The zero-order valence-corrected chi connectivity index (χ0v) is 14.9. The normalized spacial score (nSPS) is 12.8. The molecule has 0 aliphatic carbocycles. The molecule has 0 unspecified atom stereocenters. The summed E-state index contributed by atoms with van der Waals surface area (Å²) in [6, 6.07) is 0. The highest BCUT2D eigenvalue weighted by Crippen LogP contribution is 2.25. The molecule has 0 spiro atoms. The van der Waals surface area contributed by atoms with Crippen molar-refractivity contribution in [3.8, 4) is 5.75 Å². The molecular weight excluding hydrogens is 262 g/mol. The third-order valence-corrected chi connectivity index (χ3v) is 3.39. The predicted octanol–water partition coefficient (Wildman–Crippen LogP) is 4.06. The maximum atomic E-state index is 6.12. The molecule has 0 aliphatic rings. The van der Waals surface area contributed by atoms with E-state index in [-0.39, 0.29) is 11.1 Å². The van der Waals surface area contributed by atoms with Crippen molar-refractivity contribution in [3.05, 3.63) is 17.7 Å². The Morgan fingerprint density at radius 2 is 1.81 bits per heavy atom. The highest BCUT2D eigenvalue weighted by molar-refractivity contribution is 5.26. The molecule has 0 fully saturated rings. The lowest BCUT2D eigenvalue weighted by atomic mass is 10.1. The largest absolute Gasteiger partial charge is 0.484 e. The fourth-order valence-electron chi connectivity index (χ4n) is 1.63. The first-order chi connectivity index (χ1) is 9.54. The number of hydrogen-bond donors (Lipinski definition) is 1. The topological polar surface area (TPSA) is 47.0 Å². The van der Waals surface area contributed by atoms with Gasteiger partial charge in [0.15, 0.2) is 5.75 Å². The molecule has 0 amide bonds. The number of hydrogen-bond acceptors (Lipinski definition) is 4. The van der Waals surface area contributed by atoms with Crippen LogP contribution >= 0.6 is 0 Å². The minimum atomic E-state index is -0.209. The molecule has 0 saturated heterocycles. The summed E-state index contributed by atoms with van der Waals surface area (Å²) in [5, 5.41) is 3.48. The van der Waals surface area contributed by atoms with Crippen LogP contribution in [0.5, 0.6) is 5.75 Å². The van der Waals surface area contributed by atoms with E-state index in [1.165, 1.54) is 0 Å². The quantitative estimate of drug-likeness (QED) is 0.859. The number of nitrogens with one attached hydrogen (secondary N) is 1. The summed E-state index contributed by atoms with van der Waals surface area (Å²) in [5.74, 6) is 1.96. The molecule has 0 aromatic carbocycles. The number of rotatable bonds is 6. The van der Waals surface area contributed by atoms with Crippen LogP contribution in [0.25, 0.3) is 0 Å². The van der Waals surface area contributed by atoms with Gasteiger partial charge in [-0.05, 0) is 41.0 Å². The van der Waals surface area contributed by atoms with E-state index in [1.54, 1.807) is 0 Å². The first kappa shape index (κ1) is 17.9. The minimum Gasteiger partial charge on any atom is -0.484 e. The van der Waals surface area contributed by atoms with Crippen LogP contribution in [0.2, 0.25) is 0 Å². The van der Waals surface area contributed by atoms with E-state index in [0.29, 0.717) is 12.5 Å². The third kappa shape index (κ3) is 6.00. The summed E-state index contributed by atoms with van der Waals surface area (Å²) >= 11 is 0. The second-order valence-corrected chi connectivity index (χ2v) is 7.51. The van der Waals surface area contributed by atoms with Gasteiger partial charge in [0.1, 0.15) is 11.4 Å². The summed E-state index contributed by atoms with van der Waals surface area (Å²) in [4.78, 5) is 9.13. The summed E-state index contributed by atoms with van der Waals surface area (Å²) in [5.41, 5.74) is 0.768. The van der Waals surface area contributed by atoms with Crippen molar-refractivity contribution in [1.29, 1.82) is 0 Å². The van der Waals surface area contributed by atoms with Gasteiger partial charge in [-0.1, -0.05) is 20.8 Å². The van der Waals surface area contributed by atoms with Gasteiger partial charge in [-0.15, -0.1) is 0 Å². The molecule has 1 aromatic heterocycles. The van der Waals surface area contributed by atoms with Gasteiger partial charge in [0, 0.05) is 18.0 Å². The summed E-state index contributed by atoms with van der Waals surface area (Å²) in [7, 11) is 0. The van der Waals surface area contributed by atoms with Crippen LogP contribution in [0.3, 0.4) is 0 Å². The Labute approximate surface area is 129 Å². The lowest BCUT2D eigenvalue weighted by Gasteiger charge is -2.27. The lowest BCUT2D eigenvalue weighted by Crippen LogP contribution is -2.36. The van der Waals surface area contributed by atoms with E-state index in [2.05, 4.69) is 65.7 Å². The van der Waals surface area contributed by atoms with Gasteiger partial charge >= 0.3 is 0 Å². The van der Waals surface area contributed by atoms with Crippen molar-refractivity contribution in [2.24, 2.45) is 0 Å². The Kier molecular flexibility index (Phi) is 5.74. The third-order valence-electron chi connectivity index (χ3n) is 3.39. The molecule has 0 atom stereocenters. The Balaban J connectivity index is 3.05. The van der Waals surface area contributed by atoms with Crippen molar-refractivity contribution in [1.82, 2.24) is 15.3 Å². The average molecular weight is 293 g/mol. The molecule has 4 nitrogen and oxygen atoms in total. The summed E-state index contributed by atoms with van der Waals surface area (Å²) in [6.45, 7) is 17.6. The van der Waals surface area contributed by atoms with E-state index >= 15 is 0 Å². The van der Waals surface area contributed by atoms with Crippen LogP contribution in [-0.2, 0) is 6.54 Å². The van der Waals surface area contributed by atoms with Gasteiger partial charge in [-0.3, -0.25) is 0 Å². The van der Waals surface area contributed by atoms with E-state index in [1.807, 2.05) is 6.20 Å². The molecule has 1 rings (SSSR count). The lowest BCUT2D eigenvalue weighted by molar-refractivity contribution is 0.102. The number of aromatic nitrogens is 2. The maximum Gasteiger partial charge on any atom is 0.161 e. The molecule has 1 N–H and O–H groups in total. The Bertz CT molecular complexity index is 462. The molecule has 1 heterocycles. The van der Waals surface area contributed by atoms with Gasteiger partial charge in [0.25, 0.3) is 0 Å². The first-order valence-corrected chi connectivity index (χ1v) is 7.84. The molecule has 0 aliphatic heterocycles. The van der Waals surface area contributed by atoms with Gasteiger partial charge in [0.2, 0.25) is 0 Å². The van der Waals surface area contributed by atoms with Crippen LogP contribution in [0, 0.1) is 0 Å². The second kappa shape index (κ2) is 6.73. The van der Waals surface area contributed by atoms with Gasteiger partial charge in [-0.2, -0.15) is 0 Å². The fourth-order valence-corrected chi connectivity index (χ4v) is 1.63. The Hall–Kier alpha value is -1.16. The first-order valence-electron chi connectivity index (χ1n) is 7.84. The molecule has 0 bridgehead atoms. The number of nitrogens with zero attached hydrogens (tertiary/aromatic N) is 2. The van der Waals surface area contributed by atoms with Crippen molar-refractivity contribution >= 4 is 0 Å². The van der Waals surface area contributed by atoms with Gasteiger partial charge in [-0.25, -0.2) is 9.97 Å². The molecule has 4 heteroatoms. The maximum absolute atomic E-state index is 6.12. The SMILES string of the molecule is CCC(C)(C)Oc1cnc(C(C)C)nc1CNC(C)(C)C. The second-order valence-electron chi connectivity index (χ2n) is 7.51. The number of ether oxygens (including phenoxy) is 1. The summed E-state index contributed by atoms with van der Waals surface area (Å²) < 4.78 is 6.12. The molecule has 0 saturated carbocycles. The van der Waals surface area contributed by atoms with Crippen molar-refractivity contribution in [3.63, 3.8) is 0 Å². The van der Waals surface area contributed by atoms with Crippen LogP contribution in [0.1, 0.15) is 79.2 Å². The molecule has 0 radical (unpaired) electrons. The van der Waals surface area contributed by atoms with E-state index in [4.69, 9.17) is 9.72 Å². The van der Waals surface area contributed by atoms with E-state index in [0.717, 1.165) is 23.7 Å². The van der Waals surface area contributed by atoms with Gasteiger partial charge in [0.05, 0.1) is 11.9 Å². The monoisotopic (exact) mass is 293 g/mol. The van der Waals surface area contributed by atoms with Crippen molar-refractivity contribution < 1.29 is 4.74 Å². The zero-order chi connectivity index (χ0) is 16.3. The average Bonchev–Trinajstić information content (AvgIpc) is 2.36. The van der Waals surface area contributed by atoms with Crippen LogP contribution in [0.4, 0.5) is 0 Å². The van der Waals surface area contributed by atoms with E-state index < -0.39 is 0 Å². The molecule has 21 heavy (non-hydrogen) atoms. The van der Waals surface area contributed by atoms with Crippen LogP contribution in [0.15, 0.2) is 6.20 Å². The van der Waals surface area contributed by atoms with Crippen molar-refractivity contribution in [2.45, 2.75) is 85.4 Å². The van der Waals surface area contributed by atoms with Gasteiger partial charge < -0.3 is 10.1 Å². The highest BCUT2D eigenvalue weighted by atomic mass is 16.5. The fraction of sp³-hybridized carbons (Fsp3) is 0.765. The smallest absolute Gasteiger partial charge is 0.161 e. The predicted molar refractivity (Wildman–Crippen MR) is 87.7 cm³/mol. The molecule has 120 valence electrons. The Morgan fingerprint density at radius 1 is 1.19 bits per heavy atom. The highest BCUT2D eigenvalue weighted by Gasteiger charge is 2.21. The Morgan fingerprint density at radius 3 is 2.29 bits per heavy atom. The minimum absolute atomic E-state index is 0.0422. The zero-order valence-electron chi connectivity index (χ0n) is 14.9. The van der Waals surface area contributed by atoms with E-state index in [9.17, 15) is 0 Å². The standard InChI is InChI=1S/C17H31N3O/c1-9-17(7,8)21-14-11-18-15(12(2)3)20-13(14)10-19-16(4,5)6/h11-12,19H,9-10H2,1-8H3. The van der Waals surface area contributed by atoms with Crippen molar-refractivity contribution in [2.75, 3.05) is 0 Å². The van der Waals surface area contributed by atoms with Crippen LogP contribution < -0.4 is 10.1 Å². The van der Waals surface area contributed by atoms with Crippen LogP contribution in [-0.4, -0.2) is 21.1 Å². The molecular formula is C17H31N3O. The summed E-state index contributed by atoms with van der Waals surface area (Å²) in [6.07, 6.45) is 2.75. The molecule has 1 aromatic rings.